The number of rotatable bonds is 7. The first-order chi connectivity index (χ1) is 13.0. The highest BCUT2D eigenvalue weighted by molar-refractivity contribution is 5.29. The smallest absolute Gasteiger partial charge is 0.118 e. The molecular weight excluding hydrogens is 332 g/mol. The standard InChI is InChI=1S/C24H34N2O/c1-19-18-26(3)20(2)16-24(19,22-8-6-5-7-9-22)14-15-25-17-21-10-12-23(27-4)13-11-21/h5-13,19-20,25H,14-18H2,1-4H3/t19-,20+,24+/m0/s1. The van der Waals surface area contributed by atoms with E-state index in [1.807, 2.05) is 12.1 Å². The molecule has 1 fully saturated rings. The normalized spacial score (nSPS) is 26.1. The maximum atomic E-state index is 5.24. The van der Waals surface area contributed by atoms with Gasteiger partial charge in [0, 0.05) is 24.5 Å². The van der Waals surface area contributed by atoms with Crippen LogP contribution in [0.25, 0.3) is 0 Å². The molecule has 1 aliphatic heterocycles. The van der Waals surface area contributed by atoms with Crippen LogP contribution in [-0.4, -0.2) is 38.2 Å². The first-order valence-electron chi connectivity index (χ1n) is 10.1. The number of piperidine rings is 1. The maximum Gasteiger partial charge on any atom is 0.118 e. The minimum Gasteiger partial charge on any atom is -0.497 e. The topological polar surface area (TPSA) is 24.5 Å². The van der Waals surface area contributed by atoms with E-state index in [1.165, 1.54) is 24.0 Å². The minimum atomic E-state index is 0.250. The zero-order valence-electron chi connectivity index (χ0n) is 17.2. The molecule has 1 aliphatic rings. The Labute approximate surface area is 164 Å². The van der Waals surface area contributed by atoms with Crippen molar-refractivity contribution in [3.8, 4) is 5.75 Å². The maximum absolute atomic E-state index is 5.24. The second-order valence-electron chi connectivity index (χ2n) is 8.19. The van der Waals surface area contributed by atoms with Crippen molar-refractivity contribution in [1.82, 2.24) is 10.2 Å². The third-order valence-electron chi connectivity index (χ3n) is 6.50. The van der Waals surface area contributed by atoms with Crippen LogP contribution in [0.5, 0.6) is 5.75 Å². The van der Waals surface area contributed by atoms with Gasteiger partial charge in [0.05, 0.1) is 7.11 Å². The third kappa shape index (κ3) is 4.53. The number of hydrogen-bond acceptors (Lipinski definition) is 3. The van der Waals surface area contributed by atoms with Crippen molar-refractivity contribution in [2.75, 3.05) is 27.2 Å². The van der Waals surface area contributed by atoms with E-state index < -0.39 is 0 Å². The second-order valence-corrected chi connectivity index (χ2v) is 8.19. The van der Waals surface area contributed by atoms with Gasteiger partial charge in [-0.05, 0) is 62.5 Å². The van der Waals surface area contributed by atoms with Gasteiger partial charge >= 0.3 is 0 Å². The average Bonchev–Trinajstić information content (AvgIpc) is 2.70. The molecule has 0 radical (unpaired) electrons. The van der Waals surface area contributed by atoms with Gasteiger partial charge in [0.2, 0.25) is 0 Å². The molecule has 3 rings (SSSR count). The first kappa shape index (κ1) is 19.9. The van der Waals surface area contributed by atoms with Crippen LogP contribution in [0.2, 0.25) is 0 Å². The van der Waals surface area contributed by atoms with Gasteiger partial charge in [0.15, 0.2) is 0 Å². The van der Waals surface area contributed by atoms with Crippen molar-refractivity contribution < 1.29 is 4.74 Å². The predicted octanol–water partition coefficient (Wildman–Crippen LogP) is 4.47. The molecule has 0 aliphatic carbocycles. The summed E-state index contributed by atoms with van der Waals surface area (Å²) in [5, 5.41) is 3.67. The number of hydrogen-bond donors (Lipinski definition) is 1. The van der Waals surface area contributed by atoms with Crippen molar-refractivity contribution in [3.63, 3.8) is 0 Å². The Bertz CT molecular complexity index is 700. The van der Waals surface area contributed by atoms with Gasteiger partial charge < -0.3 is 15.0 Å². The van der Waals surface area contributed by atoms with Crippen molar-refractivity contribution in [2.45, 2.75) is 44.7 Å². The summed E-state index contributed by atoms with van der Waals surface area (Å²) in [7, 11) is 3.97. The van der Waals surface area contributed by atoms with Crippen molar-refractivity contribution >= 4 is 0 Å². The van der Waals surface area contributed by atoms with E-state index >= 15 is 0 Å². The number of nitrogens with zero attached hydrogens (tertiary/aromatic N) is 1. The van der Waals surface area contributed by atoms with E-state index in [-0.39, 0.29) is 5.41 Å². The van der Waals surface area contributed by atoms with Gasteiger partial charge in [-0.3, -0.25) is 0 Å². The summed E-state index contributed by atoms with van der Waals surface area (Å²) in [5.74, 6) is 1.56. The Morgan fingerprint density at radius 2 is 1.78 bits per heavy atom. The molecule has 0 amide bonds. The summed E-state index contributed by atoms with van der Waals surface area (Å²) in [6.07, 6.45) is 2.39. The van der Waals surface area contributed by atoms with Crippen LogP contribution in [0.1, 0.15) is 37.8 Å². The van der Waals surface area contributed by atoms with Gasteiger partial charge in [0.25, 0.3) is 0 Å². The molecule has 2 aromatic carbocycles. The van der Waals surface area contributed by atoms with Gasteiger partial charge in [0.1, 0.15) is 5.75 Å². The van der Waals surface area contributed by atoms with Gasteiger partial charge in [-0.2, -0.15) is 0 Å². The van der Waals surface area contributed by atoms with Crippen LogP contribution in [0, 0.1) is 5.92 Å². The molecule has 1 N–H and O–H groups in total. The molecule has 0 bridgehead atoms. The van der Waals surface area contributed by atoms with E-state index in [2.05, 4.69) is 73.6 Å². The average molecular weight is 367 g/mol. The van der Waals surface area contributed by atoms with E-state index in [9.17, 15) is 0 Å². The SMILES string of the molecule is COc1ccc(CNCC[C@@]2(c3ccccc3)C[C@@H](C)N(C)C[C@@H]2C)cc1. The van der Waals surface area contributed by atoms with Crippen LogP contribution in [0.15, 0.2) is 54.6 Å². The summed E-state index contributed by atoms with van der Waals surface area (Å²) >= 11 is 0. The van der Waals surface area contributed by atoms with Gasteiger partial charge in [-0.15, -0.1) is 0 Å². The van der Waals surface area contributed by atoms with Crippen molar-refractivity contribution in [3.05, 3.63) is 65.7 Å². The molecule has 1 heterocycles. The molecule has 0 saturated carbocycles. The fraction of sp³-hybridized carbons (Fsp3) is 0.500. The lowest BCUT2D eigenvalue weighted by Gasteiger charge is -2.50. The Morgan fingerprint density at radius 1 is 1.07 bits per heavy atom. The number of ether oxygens (including phenoxy) is 1. The zero-order valence-corrected chi connectivity index (χ0v) is 17.2. The van der Waals surface area contributed by atoms with Gasteiger partial charge in [-0.25, -0.2) is 0 Å². The molecule has 0 spiro atoms. The van der Waals surface area contributed by atoms with E-state index in [0.29, 0.717) is 12.0 Å². The molecule has 2 aromatic rings. The van der Waals surface area contributed by atoms with Crippen molar-refractivity contribution in [2.24, 2.45) is 5.92 Å². The minimum absolute atomic E-state index is 0.250. The Hall–Kier alpha value is -1.84. The lowest BCUT2D eigenvalue weighted by atomic mass is 9.63. The molecule has 0 aromatic heterocycles. The summed E-state index contributed by atoms with van der Waals surface area (Å²) in [6, 6.07) is 20.1. The van der Waals surface area contributed by atoms with E-state index in [4.69, 9.17) is 4.74 Å². The molecule has 3 nitrogen and oxygen atoms in total. The Kier molecular flexibility index (Phi) is 6.56. The van der Waals surface area contributed by atoms with Crippen molar-refractivity contribution in [1.29, 1.82) is 0 Å². The molecule has 3 atom stereocenters. The number of benzene rings is 2. The van der Waals surface area contributed by atoms with Crippen LogP contribution in [-0.2, 0) is 12.0 Å². The van der Waals surface area contributed by atoms with E-state index in [0.717, 1.165) is 25.4 Å². The number of nitrogens with one attached hydrogen (secondary N) is 1. The Balaban J connectivity index is 1.67. The lowest BCUT2D eigenvalue weighted by molar-refractivity contribution is 0.0689. The van der Waals surface area contributed by atoms with E-state index in [1.54, 1.807) is 7.11 Å². The molecule has 3 heteroatoms. The zero-order chi connectivity index (χ0) is 19.3. The second kappa shape index (κ2) is 8.90. The molecular formula is C24H34N2O. The predicted molar refractivity (Wildman–Crippen MR) is 113 cm³/mol. The third-order valence-corrected chi connectivity index (χ3v) is 6.50. The molecule has 27 heavy (non-hydrogen) atoms. The summed E-state index contributed by atoms with van der Waals surface area (Å²) in [6.45, 7) is 7.89. The highest BCUT2D eigenvalue weighted by atomic mass is 16.5. The highest BCUT2D eigenvalue weighted by Gasteiger charge is 2.43. The summed E-state index contributed by atoms with van der Waals surface area (Å²) in [5.41, 5.74) is 3.05. The molecule has 0 unspecified atom stereocenters. The lowest BCUT2D eigenvalue weighted by Crippen LogP contribution is -2.52. The highest BCUT2D eigenvalue weighted by Crippen LogP contribution is 2.44. The van der Waals surface area contributed by atoms with Crippen LogP contribution >= 0.6 is 0 Å². The van der Waals surface area contributed by atoms with Gasteiger partial charge in [-0.1, -0.05) is 49.4 Å². The summed E-state index contributed by atoms with van der Waals surface area (Å²) < 4.78 is 5.24. The number of methoxy groups -OCH3 is 1. The molecule has 146 valence electrons. The number of likely N-dealkylation sites (tertiary alicyclic amines) is 1. The first-order valence-corrected chi connectivity index (χ1v) is 10.1. The van der Waals surface area contributed by atoms with Crippen LogP contribution in [0.3, 0.4) is 0 Å². The Morgan fingerprint density at radius 3 is 2.44 bits per heavy atom. The largest absolute Gasteiger partial charge is 0.497 e. The quantitative estimate of drug-likeness (QED) is 0.732. The molecule has 1 saturated heterocycles. The fourth-order valence-electron chi connectivity index (χ4n) is 4.62. The monoisotopic (exact) mass is 366 g/mol. The van der Waals surface area contributed by atoms with Crippen LogP contribution in [0.4, 0.5) is 0 Å². The van der Waals surface area contributed by atoms with Crippen LogP contribution < -0.4 is 10.1 Å². The fourth-order valence-corrected chi connectivity index (χ4v) is 4.62. The summed E-state index contributed by atoms with van der Waals surface area (Å²) in [4.78, 5) is 2.51.